The number of piperazine rings is 1. The number of hydrogen-bond acceptors (Lipinski definition) is 8. The van der Waals surface area contributed by atoms with Crippen molar-refractivity contribution in [2.24, 2.45) is 11.7 Å². The van der Waals surface area contributed by atoms with Crippen LogP contribution < -0.4 is 20.1 Å². The maximum absolute atomic E-state index is 11.5. The van der Waals surface area contributed by atoms with E-state index >= 15 is 0 Å². The Morgan fingerprint density at radius 3 is 2.62 bits per heavy atom. The zero-order valence-electron chi connectivity index (χ0n) is 23.4. The van der Waals surface area contributed by atoms with Gasteiger partial charge in [0.25, 0.3) is 0 Å². The zero-order chi connectivity index (χ0) is 28.3. The van der Waals surface area contributed by atoms with E-state index in [1.165, 1.54) is 31.0 Å². The van der Waals surface area contributed by atoms with Gasteiger partial charge in [-0.05, 0) is 67.3 Å². The number of anilines is 1. The predicted molar refractivity (Wildman–Crippen MR) is 160 cm³/mol. The number of amides is 1. The molecule has 1 unspecified atom stereocenters. The van der Waals surface area contributed by atoms with Gasteiger partial charge in [0.15, 0.2) is 0 Å². The molecule has 2 aromatic carbocycles. The topological polar surface area (TPSA) is 93.8 Å². The van der Waals surface area contributed by atoms with Gasteiger partial charge in [-0.3, -0.25) is 9.69 Å². The molecule has 0 bridgehead atoms. The van der Waals surface area contributed by atoms with Gasteiger partial charge in [0.05, 0.1) is 18.2 Å². The van der Waals surface area contributed by atoms with Crippen LogP contribution in [0.3, 0.4) is 0 Å². The number of carbonyl (C=O) groups is 1. The van der Waals surface area contributed by atoms with Gasteiger partial charge in [-0.2, -0.15) is 4.98 Å². The molecule has 1 amide bonds. The monoisotopic (exact) mass is 561 g/mol. The summed E-state index contributed by atoms with van der Waals surface area (Å²) in [4.78, 5) is 27.5. The quantitative estimate of drug-likeness (QED) is 0.206. The third-order valence-corrected chi connectivity index (χ3v) is 8.04. The largest absolute Gasteiger partial charge is 0.497 e. The number of ether oxygens (including phenoxy) is 2. The van der Waals surface area contributed by atoms with E-state index < -0.39 is 5.91 Å². The van der Waals surface area contributed by atoms with E-state index in [-0.39, 0.29) is 0 Å². The Hall–Kier alpha value is -3.56. The SMILES string of the molecule is C=CC(C)CCCCN1CCN(c2ncc(Sc3ccc(C(N)=O)cc3)c(OCc3cccc(OC)c3)n2)CC1. The first kappa shape index (κ1) is 29.4. The summed E-state index contributed by atoms with van der Waals surface area (Å²) >= 11 is 1.49. The van der Waals surface area contributed by atoms with Crippen LogP contribution in [0.25, 0.3) is 0 Å². The first-order valence-electron chi connectivity index (χ1n) is 13.8. The van der Waals surface area contributed by atoms with E-state index in [2.05, 4.69) is 23.3 Å². The highest BCUT2D eigenvalue weighted by atomic mass is 32.2. The lowest BCUT2D eigenvalue weighted by Gasteiger charge is -2.34. The lowest BCUT2D eigenvalue weighted by Crippen LogP contribution is -2.47. The molecule has 0 radical (unpaired) electrons. The molecule has 2 heterocycles. The van der Waals surface area contributed by atoms with E-state index in [0.717, 1.165) is 53.8 Å². The van der Waals surface area contributed by atoms with Crippen molar-refractivity contribution in [3.8, 4) is 11.6 Å². The summed E-state index contributed by atoms with van der Waals surface area (Å²) < 4.78 is 11.6. The number of hydrogen-bond donors (Lipinski definition) is 1. The summed E-state index contributed by atoms with van der Waals surface area (Å²) in [6.45, 7) is 11.3. The van der Waals surface area contributed by atoms with Gasteiger partial charge in [0, 0.05) is 36.6 Å². The van der Waals surface area contributed by atoms with Crippen LogP contribution in [0.2, 0.25) is 0 Å². The van der Waals surface area contributed by atoms with E-state index in [1.54, 1.807) is 19.2 Å². The highest BCUT2D eigenvalue weighted by Gasteiger charge is 2.21. The summed E-state index contributed by atoms with van der Waals surface area (Å²) in [6.07, 6.45) is 7.51. The summed E-state index contributed by atoms with van der Waals surface area (Å²) in [6, 6.07) is 15.0. The van der Waals surface area contributed by atoms with E-state index in [4.69, 9.17) is 25.2 Å². The molecule has 212 valence electrons. The number of nitrogens with zero attached hydrogens (tertiary/aromatic N) is 4. The van der Waals surface area contributed by atoms with Gasteiger partial charge in [-0.1, -0.05) is 43.3 Å². The molecule has 1 aromatic heterocycles. The lowest BCUT2D eigenvalue weighted by atomic mass is 10.0. The lowest BCUT2D eigenvalue weighted by molar-refractivity contribution is 0.1000. The summed E-state index contributed by atoms with van der Waals surface area (Å²) in [5, 5.41) is 0. The van der Waals surface area contributed by atoms with E-state index in [1.807, 2.05) is 48.7 Å². The second kappa shape index (κ2) is 14.7. The third kappa shape index (κ3) is 8.47. The van der Waals surface area contributed by atoms with Crippen LogP contribution in [0, 0.1) is 5.92 Å². The van der Waals surface area contributed by atoms with Crippen LogP contribution in [0.15, 0.2) is 77.2 Å². The fourth-order valence-electron chi connectivity index (χ4n) is 4.49. The molecule has 0 saturated carbocycles. The van der Waals surface area contributed by atoms with E-state index in [0.29, 0.717) is 29.9 Å². The average molecular weight is 562 g/mol. The standard InChI is InChI=1S/C31H39N5O3S/c1-4-23(2)8-5-6-15-35-16-18-36(19-17-35)31-33-21-28(40-27-13-11-25(12-14-27)29(32)37)30(34-31)39-22-24-9-7-10-26(20-24)38-3/h4,7,9-14,20-21,23H,1,5-6,8,15-19,22H2,2-3H3,(H2,32,37). The summed E-state index contributed by atoms with van der Waals surface area (Å²) in [7, 11) is 1.65. The molecule has 8 nitrogen and oxygen atoms in total. The van der Waals surface area contributed by atoms with Gasteiger partial charge in [0.1, 0.15) is 12.4 Å². The smallest absolute Gasteiger partial charge is 0.248 e. The second-order valence-electron chi connectivity index (χ2n) is 10.0. The number of unbranched alkanes of at least 4 members (excludes halogenated alkanes) is 1. The Kier molecular flexibility index (Phi) is 10.8. The summed E-state index contributed by atoms with van der Waals surface area (Å²) in [5.41, 5.74) is 6.84. The average Bonchev–Trinajstić information content (AvgIpc) is 2.99. The predicted octanol–water partition coefficient (Wildman–Crippen LogP) is 5.43. The van der Waals surface area contributed by atoms with Gasteiger partial charge >= 0.3 is 0 Å². The maximum Gasteiger partial charge on any atom is 0.248 e. The Labute approximate surface area is 241 Å². The molecule has 1 saturated heterocycles. The molecule has 3 aromatic rings. The van der Waals surface area contributed by atoms with Crippen molar-refractivity contribution in [3.05, 3.63) is 78.5 Å². The van der Waals surface area contributed by atoms with Gasteiger partial charge < -0.3 is 20.1 Å². The fourth-order valence-corrected chi connectivity index (χ4v) is 5.31. The van der Waals surface area contributed by atoms with E-state index in [9.17, 15) is 4.79 Å². The van der Waals surface area contributed by atoms with Crippen molar-refractivity contribution in [3.63, 3.8) is 0 Å². The van der Waals surface area contributed by atoms with Crippen molar-refractivity contribution in [1.82, 2.24) is 14.9 Å². The third-order valence-electron chi connectivity index (χ3n) is 7.03. The normalized spacial score (nSPS) is 14.5. The molecular formula is C31H39N5O3S. The zero-order valence-corrected chi connectivity index (χ0v) is 24.2. The number of carbonyl (C=O) groups excluding carboxylic acids is 1. The molecular weight excluding hydrogens is 522 g/mol. The maximum atomic E-state index is 11.5. The first-order chi connectivity index (χ1) is 19.4. The highest BCUT2D eigenvalue weighted by Crippen LogP contribution is 2.35. The Morgan fingerprint density at radius 1 is 1.15 bits per heavy atom. The molecule has 1 aliphatic heterocycles. The Balaban J connectivity index is 1.43. The van der Waals surface area contributed by atoms with Crippen LogP contribution in [0.4, 0.5) is 5.95 Å². The molecule has 0 spiro atoms. The molecule has 1 atom stereocenters. The molecule has 2 N–H and O–H groups in total. The van der Waals surface area contributed by atoms with Crippen LogP contribution >= 0.6 is 11.8 Å². The van der Waals surface area contributed by atoms with Crippen LogP contribution in [0.1, 0.15) is 42.1 Å². The number of aromatic nitrogens is 2. The van der Waals surface area contributed by atoms with Gasteiger partial charge in [-0.15, -0.1) is 6.58 Å². The summed E-state index contributed by atoms with van der Waals surface area (Å²) in [5.74, 6) is 2.12. The minimum atomic E-state index is -0.450. The fraction of sp³-hybridized carbons (Fsp3) is 0.387. The Bertz CT molecular complexity index is 1260. The van der Waals surface area contributed by atoms with Crippen molar-refractivity contribution in [1.29, 1.82) is 0 Å². The van der Waals surface area contributed by atoms with Crippen LogP contribution in [0.5, 0.6) is 11.6 Å². The number of rotatable bonds is 14. The molecule has 1 fully saturated rings. The minimum absolute atomic E-state index is 0.347. The van der Waals surface area contributed by atoms with Crippen molar-refractivity contribution < 1.29 is 14.3 Å². The van der Waals surface area contributed by atoms with Crippen molar-refractivity contribution >= 4 is 23.6 Å². The van der Waals surface area contributed by atoms with Crippen molar-refractivity contribution in [2.45, 2.75) is 42.6 Å². The molecule has 40 heavy (non-hydrogen) atoms. The molecule has 4 rings (SSSR count). The first-order valence-corrected chi connectivity index (χ1v) is 14.6. The number of methoxy groups -OCH3 is 1. The number of primary amides is 1. The van der Waals surface area contributed by atoms with Crippen molar-refractivity contribution in [2.75, 3.05) is 44.7 Å². The number of nitrogens with two attached hydrogens (primary N) is 1. The van der Waals surface area contributed by atoms with Gasteiger partial charge in [0.2, 0.25) is 17.7 Å². The molecule has 1 aliphatic rings. The molecule has 0 aliphatic carbocycles. The second-order valence-corrected chi connectivity index (χ2v) is 11.1. The number of allylic oxidation sites excluding steroid dienone is 1. The Morgan fingerprint density at radius 2 is 1.93 bits per heavy atom. The van der Waals surface area contributed by atoms with Gasteiger partial charge in [-0.25, -0.2) is 4.98 Å². The number of benzene rings is 2. The molecule has 9 heteroatoms. The van der Waals surface area contributed by atoms with Crippen LogP contribution in [-0.2, 0) is 6.61 Å². The minimum Gasteiger partial charge on any atom is -0.497 e. The van der Waals surface area contributed by atoms with Crippen LogP contribution in [-0.4, -0.2) is 60.6 Å². The highest BCUT2D eigenvalue weighted by molar-refractivity contribution is 7.99.